The Morgan fingerprint density at radius 3 is 2.24 bits per heavy atom. The highest BCUT2D eigenvalue weighted by Crippen LogP contribution is 2.41. The number of hydrogen-bond donors (Lipinski definition) is 1. The van der Waals surface area contributed by atoms with Crippen LogP contribution in [0.5, 0.6) is 17.2 Å². The number of fused-ring (bicyclic) bond motifs is 1. The molecule has 8 nitrogen and oxygen atoms in total. The van der Waals surface area contributed by atoms with Crippen molar-refractivity contribution in [3.63, 3.8) is 0 Å². The Kier molecular flexibility index (Phi) is 7.46. The highest BCUT2D eigenvalue weighted by Gasteiger charge is 2.21. The van der Waals surface area contributed by atoms with Crippen LogP contribution >= 0.6 is 11.8 Å². The number of nitrogens with zero attached hydrogens (tertiary/aromatic N) is 3. The molecule has 192 valence electrons. The van der Waals surface area contributed by atoms with Crippen LogP contribution in [-0.4, -0.2) is 47.8 Å². The zero-order valence-electron chi connectivity index (χ0n) is 21.2. The number of carbonyl (C=O) groups excluding carboxylic acids is 1. The number of rotatable bonds is 9. The molecule has 0 aliphatic carbocycles. The van der Waals surface area contributed by atoms with Crippen LogP contribution in [0.4, 0.5) is 5.69 Å². The van der Waals surface area contributed by atoms with E-state index in [1.54, 1.807) is 21.3 Å². The fraction of sp³-hybridized carbons (Fsp3) is 0.138. The lowest BCUT2D eigenvalue weighted by atomic mass is 10.1. The van der Waals surface area contributed by atoms with Gasteiger partial charge in [-0.05, 0) is 35.7 Å². The van der Waals surface area contributed by atoms with Gasteiger partial charge in [-0.25, -0.2) is 0 Å². The van der Waals surface area contributed by atoms with Crippen molar-refractivity contribution in [3.05, 3.63) is 84.9 Å². The van der Waals surface area contributed by atoms with Crippen LogP contribution in [0.3, 0.4) is 0 Å². The second kappa shape index (κ2) is 11.3. The molecule has 0 radical (unpaired) electrons. The third kappa shape index (κ3) is 5.01. The maximum atomic E-state index is 13.0. The third-order valence-electron chi connectivity index (χ3n) is 5.97. The van der Waals surface area contributed by atoms with E-state index in [4.69, 9.17) is 14.2 Å². The van der Waals surface area contributed by atoms with Crippen LogP contribution in [-0.2, 0) is 4.79 Å². The van der Waals surface area contributed by atoms with Gasteiger partial charge in [-0.1, -0.05) is 66.4 Å². The predicted octanol–water partition coefficient (Wildman–Crippen LogP) is 5.84. The smallest absolute Gasteiger partial charge is 0.234 e. The van der Waals surface area contributed by atoms with E-state index < -0.39 is 0 Å². The van der Waals surface area contributed by atoms with Gasteiger partial charge in [-0.2, -0.15) is 0 Å². The first kappa shape index (κ1) is 25.2. The van der Waals surface area contributed by atoms with Gasteiger partial charge in [0.1, 0.15) is 0 Å². The van der Waals surface area contributed by atoms with Gasteiger partial charge < -0.3 is 19.5 Å². The fourth-order valence-corrected chi connectivity index (χ4v) is 4.97. The minimum Gasteiger partial charge on any atom is -0.493 e. The number of amides is 1. The normalized spacial score (nSPS) is 10.8. The summed E-state index contributed by atoms with van der Waals surface area (Å²) in [5, 5.41) is 14.6. The maximum Gasteiger partial charge on any atom is 0.234 e. The number of anilines is 1. The Balaban J connectivity index is 1.46. The van der Waals surface area contributed by atoms with Gasteiger partial charge in [-0.3, -0.25) is 9.36 Å². The van der Waals surface area contributed by atoms with Gasteiger partial charge in [0, 0.05) is 22.3 Å². The molecule has 9 heteroatoms. The van der Waals surface area contributed by atoms with Crippen LogP contribution in [0.2, 0.25) is 0 Å². The molecule has 38 heavy (non-hydrogen) atoms. The Bertz CT molecular complexity index is 1560. The van der Waals surface area contributed by atoms with Crippen molar-refractivity contribution in [3.8, 4) is 34.3 Å². The van der Waals surface area contributed by atoms with Gasteiger partial charge >= 0.3 is 0 Å². The average Bonchev–Trinajstić information content (AvgIpc) is 3.40. The molecule has 4 aromatic carbocycles. The summed E-state index contributed by atoms with van der Waals surface area (Å²) in [6.45, 7) is 0. The van der Waals surface area contributed by atoms with Crippen LogP contribution in [0.15, 0.2) is 90.1 Å². The molecule has 0 spiro atoms. The summed E-state index contributed by atoms with van der Waals surface area (Å²) < 4.78 is 18.5. The van der Waals surface area contributed by atoms with Gasteiger partial charge in [0.25, 0.3) is 0 Å². The molecule has 0 unspecified atom stereocenters. The number of ether oxygens (including phenoxy) is 3. The largest absolute Gasteiger partial charge is 0.493 e. The Morgan fingerprint density at radius 2 is 1.53 bits per heavy atom. The lowest BCUT2D eigenvalue weighted by molar-refractivity contribution is -0.113. The van der Waals surface area contributed by atoms with Crippen LogP contribution < -0.4 is 19.5 Å². The van der Waals surface area contributed by atoms with Crippen LogP contribution in [0.25, 0.3) is 27.8 Å². The molecule has 1 amide bonds. The van der Waals surface area contributed by atoms with Gasteiger partial charge in [0.05, 0.1) is 27.1 Å². The number of para-hydroxylation sites is 1. The van der Waals surface area contributed by atoms with E-state index in [1.807, 2.05) is 89.5 Å². The highest BCUT2D eigenvalue weighted by atomic mass is 32.2. The predicted molar refractivity (Wildman–Crippen MR) is 150 cm³/mol. The Labute approximate surface area is 224 Å². The summed E-state index contributed by atoms with van der Waals surface area (Å²) in [6, 6.07) is 27.2. The molecule has 0 aliphatic heterocycles. The van der Waals surface area contributed by atoms with Crippen LogP contribution in [0, 0.1) is 0 Å². The Morgan fingerprint density at radius 1 is 0.842 bits per heavy atom. The minimum atomic E-state index is -0.136. The zero-order chi connectivity index (χ0) is 26.5. The summed E-state index contributed by atoms with van der Waals surface area (Å²) in [7, 11) is 4.70. The van der Waals surface area contributed by atoms with E-state index in [0.717, 1.165) is 27.7 Å². The topological polar surface area (TPSA) is 87.5 Å². The van der Waals surface area contributed by atoms with Crippen molar-refractivity contribution in [1.29, 1.82) is 0 Å². The quantitative estimate of drug-likeness (QED) is 0.241. The molecule has 0 atom stereocenters. The van der Waals surface area contributed by atoms with E-state index in [-0.39, 0.29) is 11.7 Å². The van der Waals surface area contributed by atoms with Crippen molar-refractivity contribution in [2.75, 3.05) is 32.4 Å². The number of aromatic nitrogens is 3. The van der Waals surface area contributed by atoms with E-state index >= 15 is 0 Å². The van der Waals surface area contributed by atoms with Crippen molar-refractivity contribution in [2.24, 2.45) is 0 Å². The minimum absolute atomic E-state index is 0.136. The molecule has 5 aromatic rings. The molecule has 0 saturated carbocycles. The summed E-state index contributed by atoms with van der Waals surface area (Å²) in [6.07, 6.45) is 0. The molecular weight excluding hydrogens is 500 g/mol. The van der Waals surface area contributed by atoms with Crippen molar-refractivity contribution in [2.45, 2.75) is 5.16 Å². The average molecular weight is 527 g/mol. The van der Waals surface area contributed by atoms with Crippen LogP contribution in [0.1, 0.15) is 0 Å². The first-order chi connectivity index (χ1) is 18.6. The Hall–Kier alpha value is -4.50. The summed E-state index contributed by atoms with van der Waals surface area (Å²) >= 11 is 1.31. The number of thioether (sulfide) groups is 1. The van der Waals surface area contributed by atoms with Crippen molar-refractivity contribution < 1.29 is 19.0 Å². The monoisotopic (exact) mass is 526 g/mol. The van der Waals surface area contributed by atoms with E-state index in [0.29, 0.717) is 28.2 Å². The van der Waals surface area contributed by atoms with E-state index in [2.05, 4.69) is 15.5 Å². The fourth-order valence-electron chi connectivity index (χ4n) is 4.22. The lowest BCUT2D eigenvalue weighted by Crippen LogP contribution is -2.14. The molecule has 0 saturated heterocycles. The molecule has 1 N–H and O–H groups in total. The SMILES string of the molecule is COc1cc(-c2nnc(SCC(=O)Nc3cccc4ccccc34)n2-c2ccccc2)cc(OC)c1OC. The first-order valence-electron chi connectivity index (χ1n) is 11.8. The second-order valence-electron chi connectivity index (χ2n) is 8.25. The molecule has 0 fully saturated rings. The maximum absolute atomic E-state index is 13.0. The molecule has 1 heterocycles. The molecule has 0 aliphatic rings. The van der Waals surface area contributed by atoms with Gasteiger partial charge in [0.15, 0.2) is 22.5 Å². The van der Waals surface area contributed by atoms with Gasteiger partial charge in [0.2, 0.25) is 11.7 Å². The number of hydrogen-bond acceptors (Lipinski definition) is 7. The van der Waals surface area contributed by atoms with E-state index in [9.17, 15) is 4.79 Å². The molecule has 0 bridgehead atoms. The summed E-state index contributed by atoms with van der Waals surface area (Å²) in [5.41, 5.74) is 2.36. The number of methoxy groups -OCH3 is 3. The number of benzene rings is 4. The highest BCUT2D eigenvalue weighted by molar-refractivity contribution is 7.99. The second-order valence-corrected chi connectivity index (χ2v) is 9.20. The lowest BCUT2D eigenvalue weighted by Gasteiger charge is -2.15. The van der Waals surface area contributed by atoms with Crippen molar-refractivity contribution in [1.82, 2.24) is 14.8 Å². The molecule has 1 aromatic heterocycles. The number of nitrogens with one attached hydrogen (secondary N) is 1. The molecule has 5 rings (SSSR count). The standard InChI is InChI=1S/C29H26N4O4S/c1-35-24-16-20(17-25(36-2)27(24)37-3)28-31-32-29(33(28)21-12-5-4-6-13-21)38-18-26(34)30-23-15-9-11-19-10-7-8-14-22(19)23/h4-17H,18H2,1-3H3,(H,30,34). The number of carbonyl (C=O) groups is 1. The molecular formula is C29H26N4O4S. The van der Waals surface area contributed by atoms with Gasteiger partial charge in [-0.15, -0.1) is 10.2 Å². The first-order valence-corrected chi connectivity index (χ1v) is 12.8. The summed E-state index contributed by atoms with van der Waals surface area (Å²) in [5.74, 6) is 2.10. The van der Waals surface area contributed by atoms with E-state index in [1.165, 1.54) is 11.8 Å². The third-order valence-corrected chi connectivity index (χ3v) is 6.90. The summed E-state index contributed by atoms with van der Waals surface area (Å²) in [4.78, 5) is 13.0. The zero-order valence-corrected chi connectivity index (χ0v) is 22.0. The van der Waals surface area contributed by atoms with Crippen molar-refractivity contribution >= 4 is 34.1 Å².